The third-order valence-electron chi connectivity index (χ3n) is 4.90. The lowest BCUT2D eigenvalue weighted by Gasteiger charge is -2.25. The number of rotatable bonds is 4. The molecule has 1 unspecified atom stereocenters. The van der Waals surface area contributed by atoms with Crippen molar-refractivity contribution in [3.05, 3.63) is 24.3 Å². The van der Waals surface area contributed by atoms with Crippen LogP contribution in [0.4, 0.5) is 5.69 Å². The molecule has 7 heteroatoms. The summed E-state index contributed by atoms with van der Waals surface area (Å²) >= 11 is 0. The number of carbonyl (C=O) groups is 1. The fraction of sp³-hybridized carbons (Fsp3) is 0.588. The van der Waals surface area contributed by atoms with E-state index in [1.165, 1.54) is 0 Å². The van der Waals surface area contributed by atoms with Crippen molar-refractivity contribution in [3.8, 4) is 5.75 Å². The molecule has 0 spiro atoms. The molecular weight excluding hydrogens is 349 g/mol. The Balaban J connectivity index is 0.00000144. The summed E-state index contributed by atoms with van der Waals surface area (Å²) in [6.07, 6.45) is 4.67. The highest BCUT2D eigenvalue weighted by Gasteiger charge is 2.38. The van der Waals surface area contributed by atoms with E-state index in [1.54, 1.807) is 7.11 Å². The minimum atomic E-state index is -0.641. The summed E-state index contributed by atoms with van der Waals surface area (Å²) in [5.74, 6) is 0.900. The van der Waals surface area contributed by atoms with Crippen molar-refractivity contribution in [2.24, 2.45) is 5.73 Å². The van der Waals surface area contributed by atoms with Crippen molar-refractivity contribution in [3.63, 3.8) is 0 Å². The first-order valence-electron chi connectivity index (χ1n) is 8.10. The first-order valence-corrected chi connectivity index (χ1v) is 8.10. The number of methoxy groups -OCH3 is 1. The van der Waals surface area contributed by atoms with Crippen LogP contribution in [-0.2, 0) is 4.79 Å². The molecule has 1 saturated carbocycles. The normalized spacial score (nSPS) is 21.6. The molecule has 1 saturated heterocycles. The lowest BCUT2D eigenvalue weighted by atomic mass is 9.97. The molecule has 2 fully saturated rings. The summed E-state index contributed by atoms with van der Waals surface area (Å²) < 4.78 is 5.42. The monoisotopic (exact) mass is 375 g/mol. The minimum absolute atomic E-state index is 0. The fourth-order valence-corrected chi connectivity index (χ4v) is 3.55. The van der Waals surface area contributed by atoms with Gasteiger partial charge in [0.15, 0.2) is 0 Å². The molecule has 0 aromatic heterocycles. The van der Waals surface area contributed by atoms with Gasteiger partial charge in [0.2, 0.25) is 5.91 Å². The summed E-state index contributed by atoms with van der Waals surface area (Å²) in [6.45, 7) is 1.73. The van der Waals surface area contributed by atoms with E-state index in [0.717, 1.165) is 56.6 Å². The van der Waals surface area contributed by atoms with Crippen molar-refractivity contribution >= 4 is 36.4 Å². The number of amides is 1. The quantitative estimate of drug-likeness (QED) is 0.848. The standard InChI is InChI=1S/C17H25N3O2.2ClH/c1-22-15-7-3-2-6-14(15)20-11-8-13(12-20)19-16(21)17(18)9-4-5-10-17;;/h2-3,6-7,13H,4-5,8-12,18H2,1H3,(H,19,21);2*1H. The van der Waals surface area contributed by atoms with Crippen LogP contribution >= 0.6 is 24.8 Å². The van der Waals surface area contributed by atoms with Gasteiger partial charge in [-0.15, -0.1) is 24.8 Å². The number of nitrogens with two attached hydrogens (primary N) is 1. The molecule has 0 radical (unpaired) electrons. The van der Waals surface area contributed by atoms with Crippen LogP contribution in [0.3, 0.4) is 0 Å². The zero-order valence-corrected chi connectivity index (χ0v) is 15.6. The molecule has 5 nitrogen and oxygen atoms in total. The molecule has 136 valence electrons. The van der Waals surface area contributed by atoms with Gasteiger partial charge in [-0.25, -0.2) is 0 Å². The van der Waals surface area contributed by atoms with E-state index < -0.39 is 5.54 Å². The number of para-hydroxylation sites is 2. The zero-order valence-electron chi connectivity index (χ0n) is 14.0. The molecule has 3 N–H and O–H groups in total. The largest absolute Gasteiger partial charge is 0.495 e. The zero-order chi connectivity index (χ0) is 15.6. The highest BCUT2D eigenvalue weighted by atomic mass is 35.5. The number of nitrogens with zero attached hydrogens (tertiary/aromatic N) is 1. The first-order chi connectivity index (χ1) is 10.6. The maximum Gasteiger partial charge on any atom is 0.240 e. The average Bonchev–Trinajstić information content (AvgIpc) is 3.17. The third-order valence-corrected chi connectivity index (χ3v) is 4.90. The van der Waals surface area contributed by atoms with Crippen LogP contribution in [0.5, 0.6) is 5.75 Å². The number of hydrogen-bond donors (Lipinski definition) is 2. The van der Waals surface area contributed by atoms with Crippen molar-refractivity contribution in [2.45, 2.75) is 43.7 Å². The lowest BCUT2D eigenvalue weighted by Crippen LogP contribution is -2.54. The summed E-state index contributed by atoms with van der Waals surface area (Å²) in [6, 6.07) is 8.17. The van der Waals surface area contributed by atoms with Crippen molar-refractivity contribution in [1.29, 1.82) is 0 Å². The highest BCUT2D eigenvalue weighted by molar-refractivity contribution is 5.86. The van der Waals surface area contributed by atoms with Crippen LogP contribution in [-0.4, -0.2) is 37.7 Å². The van der Waals surface area contributed by atoms with Crippen molar-refractivity contribution in [1.82, 2.24) is 5.32 Å². The molecule has 1 aliphatic heterocycles. The molecule has 2 aliphatic rings. The minimum Gasteiger partial charge on any atom is -0.495 e. The van der Waals surface area contributed by atoms with Gasteiger partial charge in [0.05, 0.1) is 18.3 Å². The van der Waals surface area contributed by atoms with Gasteiger partial charge in [0.1, 0.15) is 5.75 Å². The number of anilines is 1. The van der Waals surface area contributed by atoms with E-state index >= 15 is 0 Å². The highest BCUT2D eigenvalue weighted by Crippen LogP contribution is 2.31. The van der Waals surface area contributed by atoms with Gasteiger partial charge in [0.25, 0.3) is 0 Å². The van der Waals surface area contributed by atoms with Crippen LogP contribution in [0.2, 0.25) is 0 Å². The predicted molar refractivity (Wildman–Crippen MR) is 102 cm³/mol. The molecular formula is C17H27Cl2N3O2. The molecule has 1 aromatic rings. The van der Waals surface area contributed by atoms with Gasteiger partial charge >= 0.3 is 0 Å². The Morgan fingerprint density at radius 1 is 1.29 bits per heavy atom. The first kappa shape index (κ1) is 20.9. The number of hydrogen-bond acceptors (Lipinski definition) is 4. The Hall–Kier alpha value is -1.17. The Morgan fingerprint density at radius 3 is 2.62 bits per heavy atom. The molecule has 0 bridgehead atoms. The third kappa shape index (κ3) is 4.26. The second-order valence-electron chi connectivity index (χ2n) is 6.44. The van der Waals surface area contributed by atoms with Crippen LogP contribution in [0.25, 0.3) is 0 Å². The van der Waals surface area contributed by atoms with Crippen molar-refractivity contribution < 1.29 is 9.53 Å². The van der Waals surface area contributed by atoms with Crippen LogP contribution in [0.1, 0.15) is 32.1 Å². The maximum atomic E-state index is 12.4. The van der Waals surface area contributed by atoms with Gasteiger partial charge in [-0.2, -0.15) is 0 Å². The molecule has 3 rings (SSSR count). The Morgan fingerprint density at radius 2 is 1.96 bits per heavy atom. The van der Waals surface area contributed by atoms with E-state index in [9.17, 15) is 4.79 Å². The van der Waals surface area contributed by atoms with Gasteiger partial charge in [-0.05, 0) is 31.4 Å². The second kappa shape index (κ2) is 8.79. The van der Waals surface area contributed by atoms with Gasteiger partial charge in [0, 0.05) is 19.1 Å². The SMILES string of the molecule is COc1ccccc1N1CCC(NC(=O)C2(N)CCCC2)C1.Cl.Cl. The summed E-state index contributed by atoms with van der Waals surface area (Å²) in [7, 11) is 1.69. The lowest BCUT2D eigenvalue weighted by molar-refractivity contribution is -0.126. The van der Waals surface area contributed by atoms with Crippen molar-refractivity contribution in [2.75, 3.05) is 25.1 Å². The number of benzene rings is 1. The summed E-state index contributed by atoms with van der Waals surface area (Å²) in [5.41, 5.74) is 6.67. The van der Waals surface area contributed by atoms with Gasteiger partial charge < -0.3 is 20.7 Å². The van der Waals surface area contributed by atoms with Crippen LogP contribution < -0.4 is 20.7 Å². The summed E-state index contributed by atoms with van der Waals surface area (Å²) in [5, 5.41) is 3.15. The molecule has 1 aliphatic carbocycles. The molecule has 1 amide bonds. The summed E-state index contributed by atoms with van der Waals surface area (Å²) in [4.78, 5) is 14.7. The Kier molecular flexibility index (Phi) is 7.64. The van der Waals surface area contributed by atoms with Crippen LogP contribution in [0, 0.1) is 0 Å². The maximum absolute atomic E-state index is 12.4. The Labute approximate surface area is 156 Å². The van der Waals surface area contributed by atoms with Gasteiger partial charge in [-0.3, -0.25) is 4.79 Å². The van der Waals surface area contributed by atoms with E-state index in [-0.39, 0.29) is 36.8 Å². The number of nitrogens with one attached hydrogen (secondary N) is 1. The molecule has 1 atom stereocenters. The molecule has 1 aromatic carbocycles. The smallest absolute Gasteiger partial charge is 0.240 e. The van der Waals surface area contributed by atoms with E-state index in [2.05, 4.69) is 16.3 Å². The fourth-order valence-electron chi connectivity index (χ4n) is 3.55. The number of halogens is 2. The molecule has 24 heavy (non-hydrogen) atoms. The average molecular weight is 376 g/mol. The number of ether oxygens (including phenoxy) is 1. The Bertz CT molecular complexity index is 550. The van der Waals surface area contributed by atoms with Gasteiger partial charge in [-0.1, -0.05) is 25.0 Å². The van der Waals surface area contributed by atoms with E-state index in [0.29, 0.717) is 0 Å². The molecule has 1 heterocycles. The predicted octanol–water partition coefficient (Wildman–Crippen LogP) is 2.51. The van der Waals surface area contributed by atoms with E-state index in [1.807, 2.05) is 18.2 Å². The number of carbonyl (C=O) groups excluding carboxylic acids is 1. The topological polar surface area (TPSA) is 67.6 Å². The van der Waals surface area contributed by atoms with Crippen LogP contribution in [0.15, 0.2) is 24.3 Å². The van der Waals surface area contributed by atoms with E-state index in [4.69, 9.17) is 10.5 Å². The second-order valence-corrected chi connectivity index (χ2v) is 6.44.